The highest BCUT2D eigenvalue weighted by molar-refractivity contribution is 5.83. The van der Waals surface area contributed by atoms with Crippen molar-refractivity contribution in [1.82, 2.24) is 0 Å². The average molecular weight is 431 g/mol. The van der Waals surface area contributed by atoms with Gasteiger partial charge in [0.1, 0.15) is 5.60 Å². The third-order valence-corrected chi connectivity index (χ3v) is 6.95. The van der Waals surface area contributed by atoms with Crippen LogP contribution in [0.4, 0.5) is 0 Å². The van der Waals surface area contributed by atoms with Crippen LogP contribution >= 0.6 is 0 Å². The average Bonchev–Trinajstić information content (AvgIpc) is 3.14. The van der Waals surface area contributed by atoms with E-state index in [1.54, 1.807) is 13.4 Å². The fraction of sp³-hybridized carbons (Fsp3) is 0.654. The van der Waals surface area contributed by atoms with E-state index < -0.39 is 11.4 Å². The summed E-state index contributed by atoms with van der Waals surface area (Å²) in [5.41, 5.74) is 2.75. The normalized spacial score (nSPS) is 36.5. The highest BCUT2D eigenvalue weighted by Gasteiger charge is 2.67. The second-order valence-corrected chi connectivity index (χ2v) is 10.1. The van der Waals surface area contributed by atoms with Crippen molar-refractivity contribution in [3.05, 3.63) is 47.3 Å². The van der Waals surface area contributed by atoms with E-state index in [0.29, 0.717) is 13.0 Å². The Balaban J connectivity index is 1.97. The SMILES string of the molecule is CO[C@@]1(C)C[C@@H]2OCC3=CC[C@@](C)(CCC=C(C)C)[C@H](/C=C\OC(=O)C=C(C)C)[C@]32O1. The molecule has 0 bridgehead atoms. The van der Waals surface area contributed by atoms with Gasteiger partial charge < -0.3 is 18.9 Å². The van der Waals surface area contributed by atoms with Crippen molar-refractivity contribution >= 4 is 5.97 Å². The van der Waals surface area contributed by atoms with Gasteiger partial charge in [0.05, 0.1) is 19.0 Å². The largest absolute Gasteiger partial charge is 0.432 e. The predicted molar refractivity (Wildman–Crippen MR) is 121 cm³/mol. The topological polar surface area (TPSA) is 54.0 Å². The summed E-state index contributed by atoms with van der Waals surface area (Å²) in [6, 6.07) is 0. The molecule has 0 saturated carbocycles. The van der Waals surface area contributed by atoms with E-state index in [0.717, 1.165) is 24.8 Å². The van der Waals surface area contributed by atoms with Gasteiger partial charge >= 0.3 is 5.97 Å². The van der Waals surface area contributed by atoms with Crippen molar-refractivity contribution in [2.75, 3.05) is 13.7 Å². The first-order valence-electron chi connectivity index (χ1n) is 11.3. The Kier molecular flexibility index (Phi) is 6.99. The molecule has 2 fully saturated rings. The number of methoxy groups -OCH3 is 1. The maximum Gasteiger partial charge on any atom is 0.335 e. The zero-order chi connectivity index (χ0) is 22.9. The van der Waals surface area contributed by atoms with Crippen LogP contribution in [0.25, 0.3) is 0 Å². The molecule has 0 unspecified atom stereocenters. The third-order valence-electron chi connectivity index (χ3n) is 6.95. The fourth-order valence-corrected chi connectivity index (χ4v) is 5.30. The maximum atomic E-state index is 12.1. The third kappa shape index (κ3) is 4.74. The summed E-state index contributed by atoms with van der Waals surface area (Å²) in [4.78, 5) is 12.1. The lowest BCUT2D eigenvalue weighted by Crippen LogP contribution is -2.53. The lowest BCUT2D eigenvalue weighted by Gasteiger charge is -2.49. The number of esters is 1. The molecule has 0 N–H and O–H groups in total. The second kappa shape index (κ2) is 9.05. The number of ether oxygens (including phenoxy) is 4. The smallest absolute Gasteiger partial charge is 0.335 e. The molecule has 3 rings (SSSR count). The highest BCUT2D eigenvalue weighted by atomic mass is 16.7. The molecule has 2 saturated heterocycles. The van der Waals surface area contributed by atoms with Crippen molar-refractivity contribution in [2.45, 2.75) is 84.7 Å². The van der Waals surface area contributed by atoms with Crippen LogP contribution in [0.2, 0.25) is 0 Å². The number of hydrogen-bond donors (Lipinski definition) is 0. The zero-order valence-corrected chi connectivity index (χ0v) is 20.1. The van der Waals surface area contributed by atoms with E-state index in [2.05, 4.69) is 32.9 Å². The lowest BCUT2D eigenvalue weighted by molar-refractivity contribution is -0.236. The molecule has 31 heavy (non-hydrogen) atoms. The molecule has 5 atom stereocenters. The molecule has 0 aromatic heterocycles. The van der Waals surface area contributed by atoms with Gasteiger partial charge in [0, 0.05) is 25.5 Å². The summed E-state index contributed by atoms with van der Waals surface area (Å²) in [5, 5.41) is 0. The number of carbonyl (C=O) groups excluding carboxylic acids is 1. The van der Waals surface area contributed by atoms with E-state index >= 15 is 0 Å². The minimum Gasteiger partial charge on any atom is -0.432 e. The lowest BCUT2D eigenvalue weighted by atomic mass is 9.58. The Hall–Kier alpha value is -1.69. The Labute approximate surface area is 187 Å². The van der Waals surface area contributed by atoms with E-state index in [1.165, 1.54) is 17.2 Å². The molecule has 1 spiro atoms. The number of rotatable bonds is 7. The highest BCUT2D eigenvalue weighted by Crippen LogP contribution is 2.61. The summed E-state index contributed by atoms with van der Waals surface area (Å²) >= 11 is 0. The first-order valence-corrected chi connectivity index (χ1v) is 11.3. The van der Waals surface area contributed by atoms with Crippen molar-refractivity contribution < 1.29 is 23.7 Å². The molecule has 3 aliphatic rings. The standard InChI is InChI=1S/C26H38O5/c1-18(2)9-8-12-24(5)13-10-20-17-30-22-16-25(6,28-7)31-26(20,22)21(24)11-14-29-23(27)15-19(3)4/h9-11,14-15,21-22H,8,12-13,16-17H2,1-7H3/b14-11-/t21-,22-,24+,25+,26+/m0/s1. The van der Waals surface area contributed by atoms with Gasteiger partial charge in [-0.05, 0) is 70.9 Å². The number of hydrogen-bond acceptors (Lipinski definition) is 5. The van der Waals surface area contributed by atoms with E-state index in [1.807, 2.05) is 26.8 Å². The molecule has 172 valence electrons. The molecule has 0 radical (unpaired) electrons. The predicted octanol–water partition coefficient (Wildman–Crippen LogP) is 5.63. The molecular formula is C26H38O5. The Bertz CT molecular complexity index is 814. The number of carbonyl (C=O) groups is 1. The van der Waals surface area contributed by atoms with E-state index in [4.69, 9.17) is 18.9 Å². The van der Waals surface area contributed by atoms with Crippen LogP contribution in [0.5, 0.6) is 0 Å². The van der Waals surface area contributed by atoms with Gasteiger partial charge in [0.2, 0.25) is 0 Å². The first kappa shape index (κ1) is 24.0. The van der Waals surface area contributed by atoms with Gasteiger partial charge in [0.15, 0.2) is 5.79 Å². The molecule has 0 amide bonds. The Morgan fingerprint density at radius 2 is 1.97 bits per heavy atom. The fourth-order valence-electron chi connectivity index (χ4n) is 5.30. The molecule has 5 nitrogen and oxygen atoms in total. The Morgan fingerprint density at radius 3 is 2.61 bits per heavy atom. The first-order chi connectivity index (χ1) is 14.5. The minimum atomic E-state index is -0.701. The summed E-state index contributed by atoms with van der Waals surface area (Å²) in [6.45, 7) is 12.9. The van der Waals surface area contributed by atoms with Crippen LogP contribution in [-0.2, 0) is 23.7 Å². The van der Waals surface area contributed by atoms with Crippen LogP contribution in [0.15, 0.2) is 47.3 Å². The van der Waals surface area contributed by atoms with Crippen LogP contribution in [0, 0.1) is 11.3 Å². The van der Waals surface area contributed by atoms with Gasteiger partial charge in [-0.15, -0.1) is 0 Å². The summed E-state index contributed by atoms with van der Waals surface area (Å²) < 4.78 is 24.1. The van der Waals surface area contributed by atoms with Crippen molar-refractivity contribution in [3.8, 4) is 0 Å². The molecule has 5 heteroatoms. The van der Waals surface area contributed by atoms with Gasteiger partial charge in [0.25, 0.3) is 0 Å². The van der Waals surface area contributed by atoms with Crippen LogP contribution in [0.1, 0.15) is 67.2 Å². The van der Waals surface area contributed by atoms with Crippen LogP contribution in [0.3, 0.4) is 0 Å². The van der Waals surface area contributed by atoms with Crippen molar-refractivity contribution in [2.24, 2.45) is 11.3 Å². The van der Waals surface area contributed by atoms with Crippen molar-refractivity contribution in [1.29, 1.82) is 0 Å². The van der Waals surface area contributed by atoms with Crippen LogP contribution < -0.4 is 0 Å². The van der Waals surface area contributed by atoms with Gasteiger partial charge in [-0.3, -0.25) is 0 Å². The molecule has 0 aromatic carbocycles. The molecule has 1 aliphatic carbocycles. The molecule has 2 heterocycles. The van der Waals surface area contributed by atoms with Gasteiger partial charge in [-0.2, -0.15) is 0 Å². The van der Waals surface area contributed by atoms with Crippen molar-refractivity contribution in [3.63, 3.8) is 0 Å². The monoisotopic (exact) mass is 430 g/mol. The van der Waals surface area contributed by atoms with E-state index in [-0.39, 0.29) is 23.4 Å². The summed E-state index contributed by atoms with van der Waals surface area (Å²) in [7, 11) is 1.68. The summed E-state index contributed by atoms with van der Waals surface area (Å²) in [6.07, 6.45) is 13.2. The molecular weight excluding hydrogens is 392 g/mol. The van der Waals surface area contributed by atoms with Crippen LogP contribution in [-0.4, -0.2) is 37.2 Å². The quantitative estimate of drug-likeness (QED) is 0.227. The second-order valence-electron chi connectivity index (χ2n) is 10.1. The van der Waals surface area contributed by atoms with Gasteiger partial charge in [-0.25, -0.2) is 4.79 Å². The zero-order valence-electron chi connectivity index (χ0n) is 20.1. The minimum absolute atomic E-state index is 0.00506. The number of allylic oxidation sites excluding steroid dienone is 4. The van der Waals surface area contributed by atoms with Gasteiger partial charge in [-0.1, -0.05) is 30.2 Å². The maximum absolute atomic E-state index is 12.1. The Morgan fingerprint density at radius 1 is 1.23 bits per heavy atom. The summed E-state index contributed by atoms with van der Waals surface area (Å²) in [5.74, 6) is -1.07. The molecule has 0 aromatic rings. The molecule has 2 aliphatic heterocycles. The van der Waals surface area contributed by atoms with E-state index in [9.17, 15) is 4.79 Å².